The number of anilines is 1. The average molecular weight is 418 g/mol. The first-order chi connectivity index (χ1) is 14.1. The number of amides is 1. The number of halogens is 1. The standard InChI is InChI=1S/C20H23FN4O3S/c1-27-12-10-25(9-8-19(26)22-14-17-3-2-11-28-17)20-23-18(24-29-20)13-15-4-6-16(21)7-5-15/h2-7,11H,8-10,12-14H2,1H3,(H,22,26). The van der Waals surface area contributed by atoms with Crippen molar-refractivity contribution >= 4 is 22.6 Å². The van der Waals surface area contributed by atoms with E-state index in [2.05, 4.69) is 14.7 Å². The van der Waals surface area contributed by atoms with Gasteiger partial charge in [-0.25, -0.2) is 9.37 Å². The van der Waals surface area contributed by atoms with Crippen molar-refractivity contribution in [2.24, 2.45) is 0 Å². The number of hydrogen-bond donors (Lipinski definition) is 1. The van der Waals surface area contributed by atoms with Crippen molar-refractivity contribution in [3.05, 3.63) is 65.6 Å². The summed E-state index contributed by atoms with van der Waals surface area (Å²) in [4.78, 5) is 18.7. The van der Waals surface area contributed by atoms with E-state index in [1.165, 1.54) is 23.7 Å². The number of furan rings is 1. The molecule has 7 nitrogen and oxygen atoms in total. The van der Waals surface area contributed by atoms with E-state index < -0.39 is 0 Å². The fourth-order valence-electron chi connectivity index (χ4n) is 2.66. The predicted octanol–water partition coefficient (Wildman–Crippen LogP) is 3.02. The van der Waals surface area contributed by atoms with Gasteiger partial charge in [0.05, 0.1) is 19.4 Å². The van der Waals surface area contributed by atoms with Crippen molar-refractivity contribution in [3.63, 3.8) is 0 Å². The van der Waals surface area contributed by atoms with E-state index in [0.29, 0.717) is 50.7 Å². The SMILES string of the molecule is COCCN(CCC(=O)NCc1ccco1)c1nc(Cc2ccc(F)cc2)ns1. The zero-order valence-electron chi connectivity index (χ0n) is 16.1. The summed E-state index contributed by atoms with van der Waals surface area (Å²) in [6, 6.07) is 9.90. The first-order valence-electron chi connectivity index (χ1n) is 9.24. The molecule has 154 valence electrons. The molecule has 0 saturated heterocycles. The molecule has 2 aromatic heterocycles. The lowest BCUT2D eigenvalue weighted by molar-refractivity contribution is -0.121. The molecule has 3 rings (SSSR count). The second-order valence-electron chi connectivity index (χ2n) is 6.38. The van der Waals surface area contributed by atoms with Gasteiger partial charge in [0.15, 0.2) is 0 Å². The summed E-state index contributed by atoms with van der Waals surface area (Å²) >= 11 is 1.28. The van der Waals surface area contributed by atoms with Crippen molar-refractivity contribution < 1.29 is 18.3 Å². The molecule has 0 bridgehead atoms. The Hall–Kier alpha value is -2.78. The third-order valence-corrected chi connectivity index (χ3v) is 5.03. The van der Waals surface area contributed by atoms with Gasteiger partial charge in [0.25, 0.3) is 0 Å². The van der Waals surface area contributed by atoms with E-state index >= 15 is 0 Å². The summed E-state index contributed by atoms with van der Waals surface area (Å²) in [6.07, 6.45) is 2.42. The molecule has 3 aromatic rings. The molecule has 0 saturated carbocycles. The first kappa shape index (κ1) is 20.9. The maximum absolute atomic E-state index is 13.1. The lowest BCUT2D eigenvalue weighted by atomic mass is 10.1. The molecule has 1 aromatic carbocycles. The Kier molecular flexibility index (Phi) is 7.71. The lowest BCUT2D eigenvalue weighted by Crippen LogP contribution is -2.32. The van der Waals surface area contributed by atoms with Crippen LogP contribution in [0.25, 0.3) is 0 Å². The molecule has 0 atom stereocenters. The lowest BCUT2D eigenvalue weighted by Gasteiger charge is -2.20. The number of ether oxygens (including phenoxy) is 1. The van der Waals surface area contributed by atoms with Crippen LogP contribution in [0.4, 0.5) is 9.52 Å². The molecule has 1 amide bonds. The number of aromatic nitrogens is 2. The van der Waals surface area contributed by atoms with Gasteiger partial charge in [-0.15, -0.1) is 0 Å². The number of carbonyl (C=O) groups is 1. The summed E-state index contributed by atoms with van der Waals surface area (Å²) in [5, 5.41) is 3.57. The van der Waals surface area contributed by atoms with Crippen LogP contribution in [0.2, 0.25) is 0 Å². The van der Waals surface area contributed by atoms with Crippen molar-refractivity contribution in [1.82, 2.24) is 14.7 Å². The van der Waals surface area contributed by atoms with Gasteiger partial charge >= 0.3 is 0 Å². The van der Waals surface area contributed by atoms with Gasteiger partial charge in [0.1, 0.15) is 17.4 Å². The fraction of sp³-hybridized carbons (Fsp3) is 0.350. The second-order valence-corrected chi connectivity index (χ2v) is 7.11. The van der Waals surface area contributed by atoms with Crippen LogP contribution in [0.5, 0.6) is 0 Å². The van der Waals surface area contributed by atoms with Crippen molar-refractivity contribution in [2.75, 3.05) is 31.7 Å². The Labute approximate surface area is 172 Å². The summed E-state index contributed by atoms with van der Waals surface area (Å²) < 4.78 is 27.8. The van der Waals surface area contributed by atoms with Crippen LogP contribution in [-0.4, -0.2) is 42.1 Å². The number of carbonyl (C=O) groups excluding carboxylic acids is 1. The summed E-state index contributed by atoms with van der Waals surface area (Å²) in [6.45, 7) is 1.98. The molecule has 0 aliphatic carbocycles. The Morgan fingerprint density at radius 3 is 2.83 bits per heavy atom. The minimum absolute atomic E-state index is 0.0696. The Morgan fingerprint density at radius 2 is 2.10 bits per heavy atom. The van der Waals surface area contributed by atoms with Gasteiger partial charge in [-0.1, -0.05) is 12.1 Å². The molecule has 0 unspecified atom stereocenters. The monoisotopic (exact) mass is 418 g/mol. The molecule has 0 fully saturated rings. The maximum atomic E-state index is 13.1. The van der Waals surface area contributed by atoms with E-state index in [1.54, 1.807) is 31.6 Å². The van der Waals surface area contributed by atoms with E-state index in [9.17, 15) is 9.18 Å². The van der Waals surface area contributed by atoms with Crippen LogP contribution in [-0.2, 0) is 22.5 Å². The van der Waals surface area contributed by atoms with Gasteiger partial charge in [-0.3, -0.25) is 4.79 Å². The van der Waals surface area contributed by atoms with Gasteiger partial charge < -0.3 is 19.4 Å². The minimum Gasteiger partial charge on any atom is -0.467 e. The molecule has 0 aliphatic rings. The molecule has 2 heterocycles. The van der Waals surface area contributed by atoms with Gasteiger partial charge in [-0.05, 0) is 29.8 Å². The quantitative estimate of drug-likeness (QED) is 0.516. The number of nitrogens with one attached hydrogen (secondary N) is 1. The van der Waals surface area contributed by atoms with Crippen molar-refractivity contribution in [3.8, 4) is 0 Å². The summed E-state index contributed by atoms with van der Waals surface area (Å²) in [7, 11) is 1.63. The molecule has 0 spiro atoms. The topological polar surface area (TPSA) is 80.5 Å². The Balaban J connectivity index is 1.55. The Morgan fingerprint density at radius 1 is 1.28 bits per heavy atom. The van der Waals surface area contributed by atoms with Crippen LogP contribution < -0.4 is 10.2 Å². The molecule has 0 aliphatic heterocycles. The van der Waals surface area contributed by atoms with E-state index in [1.807, 2.05) is 11.0 Å². The number of methoxy groups -OCH3 is 1. The third kappa shape index (κ3) is 6.65. The minimum atomic E-state index is -0.267. The number of benzene rings is 1. The van der Waals surface area contributed by atoms with Crippen molar-refractivity contribution in [2.45, 2.75) is 19.4 Å². The zero-order chi connectivity index (χ0) is 20.5. The van der Waals surface area contributed by atoms with Gasteiger partial charge in [-0.2, -0.15) is 4.37 Å². The number of nitrogens with zero attached hydrogens (tertiary/aromatic N) is 3. The van der Waals surface area contributed by atoms with E-state index in [0.717, 1.165) is 10.7 Å². The maximum Gasteiger partial charge on any atom is 0.222 e. The third-order valence-electron chi connectivity index (χ3n) is 4.22. The fourth-order valence-corrected chi connectivity index (χ4v) is 3.39. The van der Waals surface area contributed by atoms with E-state index in [4.69, 9.17) is 9.15 Å². The molecular formula is C20H23FN4O3S. The highest BCUT2D eigenvalue weighted by atomic mass is 32.1. The number of hydrogen-bond acceptors (Lipinski definition) is 7. The highest BCUT2D eigenvalue weighted by molar-refractivity contribution is 7.09. The number of rotatable bonds is 11. The highest BCUT2D eigenvalue weighted by Crippen LogP contribution is 2.19. The van der Waals surface area contributed by atoms with E-state index in [-0.39, 0.29) is 11.7 Å². The van der Waals surface area contributed by atoms with Crippen molar-refractivity contribution in [1.29, 1.82) is 0 Å². The van der Waals surface area contributed by atoms with Crippen LogP contribution in [0.3, 0.4) is 0 Å². The smallest absolute Gasteiger partial charge is 0.222 e. The molecule has 0 radical (unpaired) electrons. The summed E-state index contributed by atoms with van der Waals surface area (Å²) in [5.74, 6) is 1.04. The average Bonchev–Trinajstić information content (AvgIpc) is 3.40. The largest absolute Gasteiger partial charge is 0.467 e. The summed E-state index contributed by atoms with van der Waals surface area (Å²) in [5.41, 5.74) is 0.941. The zero-order valence-corrected chi connectivity index (χ0v) is 17.0. The van der Waals surface area contributed by atoms with Gasteiger partial charge in [0.2, 0.25) is 11.0 Å². The van der Waals surface area contributed by atoms with Crippen LogP contribution in [0.1, 0.15) is 23.6 Å². The van der Waals surface area contributed by atoms with Crippen LogP contribution in [0.15, 0.2) is 47.1 Å². The molecule has 29 heavy (non-hydrogen) atoms. The Bertz CT molecular complexity index is 884. The molecule has 9 heteroatoms. The van der Waals surface area contributed by atoms with Crippen LogP contribution in [0, 0.1) is 5.82 Å². The molecule has 1 N–H and O–H groups in total. The normalized spacial score (nSPS) is 10.8. The highest BCUT2D eigenvalue weighted by Gasteiger charge is 2.15. The predicted molar refractivity (Wildman–Crippen MR) is 108 cm³/mol. The first-order valence-corrected chi connectivity index (χ1v) is 10.0. The molecular weight excluding hydrogens is 395 g/mol. The van der Waals surface area contributed by atoms with Crippen LogP contribution >= 0.6 is 11.5 Å². The van der Waals surface area contributed by atoms with Gasteiger partial charge in [0, 0.05) is 44.6 Å². The second kappa shape index (κ2) is 10.7.